The maximum atomic E-state index is 13.7. The van der Waals surface area contributed by atoms with Crippen LogP contribution in [0.5, 0.6) is 0 Å². The van der Waals surface area contributed by atoms with E-state index in [-0.39, 0.29) is 16.1 Å². The first-order valence-electron chi connectivity index (χ1n) is 5.67. The summed E-state index contributed by atoms with van der Waals surface area (Å²) in [5.74, 6) is -0.743. The van der Waals surface area contributed by atoms with Crippen LogP contribution in [0.25, 0.3) is 16.6 Å². The zero-order valence-electron chi connectivity index (χ0n) is 10.2. The van der Waals surface area contributed by atoms with E-state index in [0.29, 0.717) is 20.3 Å². The minimum Gasteiger partial charge on any atom is -0.619 e. The maximum Gasteiger partial charge on any atom is 0.218 e. The summed E-state index contributed by atoms with van der Waals surface area (Å²) < 4.78 is 16.0. The van der Waals surface area contributed by atoms with Crippen LogP contribution in [0.15, 0.2) is 35.2 Å². The Balaban J connectivity index is 2.32. The van der Waals surface area contributed by atoms with Crippen molar-refractivity contribution < 1.29 is 9.12 Å². The molecular weight excluding hydrogens is 363 g/mol. The third-order valence-electron chi connectivity index (χ3n) is 2.85. The van der Waals surface area contributed by atoms with E-state index in [1.165, 1.54) is 17.1 Å². The van der Waals surface area contributed by atoms with Crippen molar-refractivity contribution >= 4 is 38.4 Å². The van der Waals surface area contributed by atoms with Crippen molar-refractivity contribution in [3.8, 4) is 11.8 Å². The molecule has 3 aromatic rings. The van der Waals surface area contributed by atoms with Gasteiger partial charge in [-0.25, -0.2) is 4.68 Å². The predicted molar refractivity (Wildman–Crippen MR) is 77.4 cm³/mol. The average molecular weight is 368 g/mol. The Bertz CT molecular complexity index is 919. The van der Waals surface area contributed by atoms with E-state index >= 15 is 0 Å². The zero-order valence-corrected chi connectivity index (χ0v) is 12.6. The first kappa shape index (κ1) is 13.8. The number of nitriles is 1. The van der Waals surface area contributed by atoms with Crippen molar-refractivity contribution in [3.05, 3.63) is 56.8 Å². The maximum absolute atomic E-state index is 13.7. The van der Waals surface area contributed by atoms with E-state index in [1.807, 2.05) is 6.07 Å². The number of fused-ring (bicyclic) bond motifs is 1. The Morgan fingerprint density at radius 3 is 2.90 bits per heavy atom. The fourth-order valence-corrected chi connectivity index (χ4v) is 2.91. The van der Waals surface area contributed by atoms with E-state index in [2.05, 4.69) is 21.0 Å². The van der Waals surface area contributed by atoms with Crippen LogP contribution >= 0.6 is 27.5 Å². The number of halogens is 3. The van der Waals surface area contributed by atoms with Gasteiger partial charge >= 0.3 is 0 Å². The van der Waals surface area contributed by atoms with Gasteiger partial charge in [0.1, 0.15) is 17.3 Å². The first-order valence-corrected chi connectivity index (χ1v) is 6.84. The molecule has 0 aliphatic heterocycles. The second-order valence-electron chi connectivity index (χ2n) is 4.24. The Morgan fingerprint density at radius 2 is 2.19 bits per heavy atom. The average Bonchev–Trinajstić information content (AvgIpc) is 2.81. The molecule has 0 bridgehead atoms. The molecule has 104 valence electrons. The van der Waals surface area contributed by atoms with E-state index in [4.69, 9.17) is 11.6 Å². The summed E-state index contributed by atoms with van der Waals surface area (Å²) in [5.41, 5.74) is 0.637. The standard InChI is InChI=1S/C13H5BrClFN4O/c14-9-1-7(3-17)13(10(15)2-9)20-5-8-4-19(21)6-11(16)12(8)18-20/h1-2,4-6H. The predicted octanol–water partition coefficient (Wildman–Crippen LogP) is 3.09. The van der Waals surface area contributed by atoms with Crippen molar-refractivity contribution in [2.24, 2.45) is 0 Å². The quantitative estimate of drug-likeness (QED) is 0.490. The van der Waals surface area contributed by atoms with Gasteiger partial charge in [0.15, 0.2) is 6.20 Å². The van der Waals surface area contributed by atoms with Crippen LogP contribution < -0.4 is 4.73 Å². The van der Waals surface area contributed by atoms with E-state index in [0.717, 1.165) is 6.20 Å². The van der Waals surface area contributed by atoms with Crippen LogP contribution in [0, 0.1) is 22.4 Å². The monoisotopic (exact) mass is 366 g/mol. The largest absolute Gasteiger partial charge is 0.619 e. The lowest BCUT2D eigenvalue weighted by Crippen LogP contribution is -2.24. The molecule has 0 radical (unpaired) electrons. The van der Waals surface area contributed by atoms with Crippen LogP contribution in [0.1, 0.15) is 5.56 Å². The fourth-order valence-electron chi connectivity index (χ4n) is 2.01. The minimum atomic E-state index is -0.743. The van der Waals surface area contributed by atoms with Gasteiger partial charge < -0.3 is 5.21 Å². The normalized spacial score (nSPS) is 10.8. The molecular formula is C13H5BrClFN4O. The Labute approximate surface area is 131 Å². The molecule has 0 aliphatic rings. The Morgan fingerprint density at radius 1 is 1.43 bits per heavy atom. The van der Waals surface area contributed by atoms with Gasteiger partial charge in [-0.05, 0) is 12.1 Å². The molecule has 0 amide bonds. The third-order valence-corrected chi connectivity index (χ3v) is 3.60. The molecule has 5 nitrogen and oxygen atoms in total. The second-order valence-corrected chi connectivity index (χ2v) is 5.56. The van der Waals surface area contributed by atoms with Crippen LogP contribution in [-0.4, -0.2) is 9.78 Å². The van der Waals surface area contributed by atoms with Gasteiger partial charge in [-0.15, -0.1) is 0 Å². The topological polar surface area (TPSA) is 68.5 Å². The molecule has 21 heavy (non-hydrogen) atoms. The van der Waals surface area contributed by atoms with Crippen LogP contribution in [-0.2, 0) is 0 Å². The summed E-state index contributed by atoms with van der Waals surface area (Å²) in [6.45, 7) is 0. The van der Waals surface area contributed by atoms with E-state index in [1.54, 1.807) is 12.1 Å². The van der Waals surface area contributed by atoms with Crippen molar-refractivity contribution in [1.82, 2.24) is 9.78 Å². The Kier molecular flexibility index (Phi) is 3.27. The molecule has 2 aromatic heterocycles. The molecule has 0 saturated carbocycles. The molecule has 2 heterocycles. The number of benzene rings is 1. The van der Waals surface area contributed by atoms with Gasteiger partial charge in [0.05, 0.1) is 16.0 Å². The van der Waals surface area contributed by atoms with Gasteiger partial charge in [-0.1, -0.05) is 27.5 Å². The summed E-state index contributed by atoms with van der Waals surface area (Å²) >= 11 is 9.39. The number of pyridine rings is 1. The molecule has 0 unspecified atom stereocenters. The lowest BCUT2D eigenvalue weighted by atomic mass is 10.2. The van der Waals surface area contributed by atoms with Gasteiger partial charge in [-0.2, -0.15) is 19.5 Å². The molecule has 0 saturated heterocycles. The van der Waals surface area contributed by atoms with Crippen molar-refractivity contribution in [1.29, 1.82) is 5.26 Å². The molecule has 1 aromatic carbocycles. The van der Waals surface area contributed by atoms with E-state index in [9.17, 15) is 14.9 Å². The first-order chi connectivity index (χ1) is 9.99. The second kappa shape index (κ2) is 4.98. The summed E-state index contributed by atoms with van der Waals surface area (Å²) in [4.78, 5) is 0. The van der Waals surface area contributed by atoms with Gasteiger partial charge in [0.25, 0.3) is 0 Å². The summed E-state index contributed by atoms with van der Waals surface area (Å²) in [5, 5.41) is 25.1. The molecule has 0 aliphatic carbocycles. The molecule has 0 atom stereocenters. The molecule has 0 fully saturated rings. The van der Waals surface area contributed by atoms with Crippen LogP contribution in [0.3, 0.4) is 0 Å². The van der Waals surface area contributed by atoms with E-state index < -0.39 is 5.82 Å². The van der Waals surface area contributed by atoms with Crippen molar-refractivity contribution in [2.75, 3.05) is 0 Å². The van der Waals surface area contributed by atoms with Gasteiger partial charge in [0, 0.05) is 10.7 Å². The number of nitrogens with zero attached hydrogens (tertiary/aromatic N) is 4. The number of rotatable bonds is 1. The van der Waals surface area contributed by atoms with Crippen LogP contribution in [0.2, 0.25) is 5.02 Å². The summed E-state index contributed by atoms with van der Waals surface area (Å²) in [6, 6.07) is 5.20. The Hall–Kier alpha value is -2.17. The molecule has 3 rings (SSSR count). The lowest BCUT2D eigenvalue weighted by Gasteiger charge is -2.07. The van der Waals surface area contributed by atoms with Gasteiger partial charge in [0.2, 0.25) is 12.0 Å². The fraction of sp³-hybridized carbons (Fsp3) is 0. The highest BCUT2D eigenvalue weighted by atomic mass is 79.9. The zero-order chi connectivity index (χ0) is 15.1. The highest BCUT2D eigenvalue weighted by Gasteiger charge is 2.16. The highest BCUT2D eigenvalue weighted by molar-refractivity contribution is 9.10. The number of aromatic nitrogens is 3. The molecule has 0 N–H and O–H groups in total. The van der Waals surface area contributed by atoms with Crippen molar-refractivity contribution in [2.45, 2.75) is 0 Å². The number of hydrogen-bond acceptors (Lipinski definition) is 3. The number of hydrogen-bond donors (Lipinski definition) is 0. The van der Waals surface area contributed by atoms with Gasteiger partial charge in [-0.3, -0.25) is 0 Å². The lowest BCUT2D eigenvalue weighted by molar-refractivity contribution is -0.605. The SMILES string of the molecule is N#Cc1cc(Br)cc(Cl)c1-n1cc2c[n+]([O-])cc(F)c2n1. The minimum absolute atomic E-state index is 0.0324. The highest BCUT2D eigenvalue weighted by Crippen LogP contribution is 2.29. The summed E-state index contributed by atoms with van der Waals surface area (Å²) in [6.07, 6.45) is 3.43. The molecule has 0 spiro atoms. The third kappa shape index (κ3) is 2.33. The smallest absolute Gasteiger partial charge is 0.218 e. The summed E-state index contributed by atoms with van der Waals surface area (Å²) in [7, 11) is 0. The molecule has 8 heteroatoms. The van der Waals surface area contributed by atoms with Crippen molar-refractivity contribution in [3.63, 3.8) is 0 Å². The van der Waals surface area contributed by atoms with Crippen LogP contribution in [0.4, 0.5) is 4.39 Å².